The highest BCUT2D eigenvalue weighted by atomic mass is 35.5. The van der Waals surface area contributed by atoms with Crippen LogP contribution in [0.5, 0.6) is 0 Å². The Kier molecular flexibility index (Phi) is 5.48. The predicted molar refractivity (Wildman–Crippen MR) is 108 cm³/mol. The van der Waals surface area contributed by atoms with Gasteiger partial charge in [0.15, 0.2) is 0 Å². The van der Waals surface area contributed by atoms with Gasteiger partial charge in [0, 0.05) is 36.2 Å². The van der Waals surface area contributed by atoms with Gasteiger partial charge >= 0.3 is 0 Å². The molecule has 1 saturated heterocycles. The second kappa shape index (κ2) is 8.17. The normalized spacial score (nSPS) is 17.1. The summed E-state index contributed by atoms with van der Waals surface area (Å²) in [6.45, 7) is 2.19. The minimum Gasteiger partial charge on any atom is -0.333 e. The lowest BCUT2D eigenvalue weighted by atomic mass is 10.0. The van der Waals surface area contributed by atoms with Crippen molar-refractivity contribution in [2.24, 2.45) is 0 Å². The van der Waals surface area contributed by atoms with Crippen LogP contribution in [0.4, 0.5) is 0 Å². The molecule has 7 heteroatoms. The second-order valence-electron chi connectivity index (χ2n) is 6.40. The monoisotopic (exact) mass is 398 g/mol. The first-order valence-corrected chi connectivity index (χ1v) is 10.1. The van der Waals surface area contributed by atoms with Crippen LogP contribution in [0.1, 0.15) is 17.3 Å². The van der Waals surface area contributed by atoms with E-state index in [4.69, 9.17) is 11.6 Å². The maximum absolute atomic E-state index is 13.0. The molecule has 4 rings (SSSR count). The molecule has 0 aliphatic carbocycles. The number of rotatable bonds is 4. The summed E-state index contributed by atoms with van der Waals surface area (Å²) in [4.78, 5) is 23.9. The number of pyridine rings is 1. The summed E-state index contributed by atoms with van der Waals surface area (Å²) in [7, 11) is 0. The Balaban J connectivity index is 1.50. The fourth-order valence-corrected chi connectivity index (χ4v) is 4.26. The third-order valence-electron chi connectivity index (χ3n) is 4.57. The van der Waals surface area contributed by atoms with Crippen LogP contribution in [0.15, 0.2) is 54.0 Å². The maximum atomic E-state index is 13.0. The lowest BCUT2D eigenvalue weighted by molar-refractivity contribution is -0.133. The molecule has 1 atom stereocenters. The number of hydrogen-bond acceptors (Lipinski definition) is 5. The zero-order chi connectivity index (χ0) is 18.6. The highest BCUT2D eigenvalue weighted by molar-refractivity contribution is 7.13. The highest BCUT2D eigenvalue weighted by Gasteiger charge is 2.28. The van der Waals surface area contributed by atoms with Gasteiger partial charge in [0.2, 0.25) is 5.91 Å². The lowest BCUT2D eigenvalue weighted by Gasteiger charge is -2.36. The van der Waals surface area contributed by atoms with Gasteiger partial charge in [-0.2, -0.15) is 0 Å². The smallest absolute Gasteiger partial charge is 0.229 e. The Morgan fingerprint density at radius 1 is 1.30 bits per heavy atom. The van der Waals surface area contributed by atoms with Crippen molar-refractivity contribution in [3.8, 4) is 10.7 Å². The van der Waals surface area contributed by atoms with Gasteiger partial charge in [-0.1, -0.05) is 29.8 Å². The Morgan fingerprint density at radius 2 is 2.22 bits per heavy atom. The number of aromatic nitrogens is 2. The SMILES string of the molecule is O=C(Cc1csc(-c2ccccn2)n1)N1CCNCC1c1cccc(Cl)c1. The van der Waals surface area contributed by atoms with Gasteiger partial charge in [0.25, 0.3) is 0 Å². The van der Waals surface area contributed by atoms with E-state index in [0.717, 1.165) is 35.0 Å². The van der Waals surface area contributed by atoms with Crippen molar-refractivity contribution in [3.05, 3.63) is 70.3 Å². The molecule has 3 aromatic rings. The van der Waals surface area contributed by atoms with E-state index in [1.54, 1.807) is 6.20 Å². The van der Waals surface area contributed by atoms with Crippen LogP contribution in [0.3, 0.4) is 0 Å². The molecule has 1 fully saturated rings. The Morgan fingerprint density at radius 3 is 3.04 bits per heavy atom. The van der Waals surface area contributed by atoms with E-state index in [9.17, 15) is 4.79 Å². The molecular formula is C20H19ClN4OS. The molecule has 1 aromatic carbocycles. The first-order valence-electron chi connectivity index (χ1n) is 8.82. The Hall–Kier alpha value is -2.28. The Bertz CT molecular complexity index is 930. The zero-order valence-corrected chi connectivity index (χ0v) is 16.2. The molecule has 1 amide bonds. The van der Waals surface area contributed by atoms with Crippen molar-refractivity contribution in [1.29, 1.82) is 0 Å². The van der Waals surface area contributed by atoms with E-state index in [1.807, 2.05) is 52.7 Å². The molecule has 1 aliphatic rings. The summed E-state index contributed by atoms with van der Waals surface area (Å²) < 4.78 is 0. The van der Waals surface area contributed by atoms with E-state index < -0.39 is 0 Å². The molecule has 3 heterocycles. The van der Waals surface area contributed by atoms with Crippen LogP contribution in [0, 0.1) is 0 Å². The van der Waals surface area contributed by atoms with E-state index >= 15 is 0 Å². The summed E-state index contributed by atoms with van der Waals surface area (Å²) >= 11 is 7.66. The average molecular weight is 399 g/mol. The summed E-state index contributed by atoms with van der Waals surface area (Å²) in [5.74, 6) is 0.0827. The molecule has 27 heavy (non-hydrogen) atoms. The minimum atomic E-state index is -0.0150. The van der Waals surface area contributed by atoms with Crippen molar-refractivity contribution in [2.75, 3.05) is 19.6 Å². The molecule has 0 saturated carbocycles. The van der Waals surface area contributed by atoms with Gasteiger partial charge < -0.3 is 10.2 Å². The first kappa shape index (κ1) is 18.1. The first-order chi connectivity index (χ1) is 13.2. The van der Waals surface area contributed by atoms with E-state index in [-0.39, 0.29) is 11.9 Å². The van der Waals surface area contributed by atoms with Crippen LogP contribution in [-0.2, 0) is 11.2 Å². The van der Waals surface area contributed by atoms with E-state index in [0.29, 0.717) is 18.0 Å². The third kappa shape index (κ3) is 4.18. The lowest BCUT2D eigenvalue weighted by Crippen LogP contribution is -2.49. The summed E-state index contributed by atoms with van der Waals surface area (Å²) in [6, 6.07) is 13.4. The summed E-state index contributed by atoms with van der Waals surface area (Å²) in [5, 5.41) is 6.83. The van der Waals surface area contributed by atoms with Crippen molar-refractivity contribution >= 4 is 28.8 Å². The molecule has 0 bridgehead atoms. The largest absolute Gasteiger partial charge is 0.333 e. The minimum absolute atomic E-state index is 0.0150. The molecule has 2 aromatic heterocycles. The molecule has 1 N–H and O–H groups in total. The van der Waals surface area contributed by atoms with Gasteiger partial charge in [0.05, 0.1) is 23.9 Å². The van der Waals surface area contributed by atoms with E-state index in [2.05, 4.69) is 15.3 Å². The number of carbonyl (C=O) groups excluding carboxylic acids is 1. The molecule has 1 unspecified atom stereocenters. The van der Waals surface area contributed by atoms with Crippen LogP contribution in [0.25, 0.3) is 10.7 Å². The van der Waals surface area contributed by atoms with Crippen molar-refractivity contribution in [1.82, 2.24) is 20.2 Å². The third-order valence-corrected chi connectivity index (χ3v) is 5.71. The van der Waals surface area contributed by atoms with E-state index in [1.165, 1.54) is 11.3 Å². The number of nitrogens with zero attached hydrogens (tertiary/aromatic N) is 3. The molecule has 1 aliphatic heterocycles. The van der Waals surface area contributed by atoms with Crippen LogP contribution in [-0.4, -0.2) is 40.4 Å². The molecule has 0 radical (unpaired) electrons. The number of nitrogens with one attached hydrogen (secondary N) is 1. The van der Waals surface area contributed by atoms with Crippen molar-refractivity contribution in [3.63, 3.8) is 0 Å². The number of carbonyl (C=O) groups is 1. The average Bonchev–Trinajstić information content (AvgIpc) is 3.17. The molecule has 0 spiro atoms. The number of thiazole rings is 1. The van der Waals surface area contributed by atoms with Crippen LogP contribution < -0.4 is 5.32 Å². The highest BCUT2D eigenvalue weighted by Crippen LogP contribution is 2.26. The molecule has 5 nitrogen and oxygen atoms in total. The number of halogens is 1. The zero-order valence-electron chi connectivity index (χ0n) is 14.6. The number of hydrogen-bond donors (Lipinski definition) is 1. The summed E-state index contributed by atoms with van der Waals surface area (Å²) in [6.07, 6.45) is 2.04. The van der Waals surface area contributed by atoms with Crippen LogP contribution in [0.2, 0.25) is 5.02 Å². The molecular weight excluding hydrogens is 380 g/mol. The van der Waals surface area contributed by atoms with Gasteiger partial charge in [-0.3, -0.25) is 9.78 Å². The van der Waals surface area contributed by atoms with Gasteiger partial charge in [-0.05, 0) is 29.8 Å². The number of benzene rings is 1. The predicted octanol–water partition coefficient (Wildman–Crippen LogP) is 3.57. The second-order valence-corrected chi connectivity index (χ2v) is 7.69. The van der Waals surface area contributed by atoms with Gasteiger partial charge in [-0.25, -0.2) is 4.98 Å². The van der Waals surface area contributed by atoms with Gasteiger partial charge in [-0.15, -0.1) is 11.3 Å². The Labute approximate surface area is 167 Å². The van der Waals surface area contributed by atoms with Gasteiger partial charge in [0.1, 0.15) is 5.01 Å². The molecule has 138 valence electrons. The number of amides is 1. The van der Waals surface area contributed by atoms with Crippen molar-refractivity contribution in [2.45, 2.75) is 12.5 Å². The van der Waals surface area contributed by atoms with Crippen LogP contribution >= 0.6 is 22.9 Å². The topological polar surface area (TPSA) is 58.1 Å². The summed E-state index contributed by atoms with van der Waals surface area (Å²) in [5.41, 5.74) is 2.67. The fraction of sp³-hybridized carbons (Fsp3) is 0.250. The van der Waals surface area contributed by atoms with Crippen molar-refractivity contribution < 1.29 is 4.79 Å². The fourth-order valence-electron chi connectivity index (χ4n) is 3.27. The number of piperazine rings is 1. The standard InChI is InChI=1S/C20H19ClN4OS/c21-15-5-3-4-14(10-15)18-12-22-8-9-25(18)19(26)11-16-13-27-20(24-16)17-6-1-2-7-23-17/h1-7,10,13,18,22H,8-9,11-12H2. The maximum Gasteiger partial charge on any atom is 0.229 e. The quantitative estimate of drug-likeness (QED) is 0.729.